The van der Waals surface area contributed by atoms with E-state index in [0.717, 1.165) is 48.9 Å². The van der Waals surface area contributed by atoms with E-state index >= 15 is 0 Å². The molecule has 0 bridgehead atoms. The highest BCUT2D eigenvalue weighted by Gasteiger charge is 2.47. The van der Waals surface area contributed by atoms with Gasteiger partial charge in [-0.1, -0.05) is 0 Å². The number of rotatable bonds is 5. The van der Waals surface area contributed by atoms with Gasteiger partial charge in [0.05, 0.1) is 18.0 Å². The van der Waals surface area contributed by atoms with Gasteiger partial charge in [-0.25, -0.2) is 0 Å². The van der Waals surface area contributed by atoms with Gasteiger partial charge in [-0.2, -0.15) is 5.10 Å². The highest BCUT2D eigenvalue weighted by Crippen LogP contribution is 2.50. The Morgan fingerprint density at radius 1 is 1.20 bits per heavy atom. The van der Waals surface area contributed by atoms with Crippen LogP contribution in [-0.4, -0.2) is 63.8 Å². The van der Waals surface area contributed by atoms with Crippen LogP contribution in [0.2, 0.25) is 0 Å². The lowest BCUT2D eigenvalue weighted by molar-refractivity contribution is -0.0621. The van der Waals surface area contributed by atoms with Crippen LogP contribution in [0.3, 0.4) is 0 Å². The zero-order valence-corrected chi connectivity index (χ0v) is 18.2. The van der Waals surface area contributed by atoms with Gasteiger partial charge in [-0.05, 0) is 75.9 Å². The van der Waals surface area contributed by atoms with Crippen molar-refractivity contribution >= 4 is 0 Å². The first kappa shape index (κ1) is 19.9. The molecule has 2 saturated heterocycles. The Hall–Kier alpha value is -1.99. The molecule has 162 valence electrons. The van der Waals surface area contributed by atoms with E-state index in [9.17, 15) is 0 Å². The third-order valence-corrected chi connectivity index (χ3v) is 7.23. The van der Waals surface area contributed by atoms with Crippen LogP contribution < -0.4 is 4.74 Å². The van der Waals surface area contributed by atoms with Gasteiger partial charge in [0, 0.05) is 38.0 Å². The predicted octanol–water partition coefficient (Wildman–Crippen LogP) is 3.24. The fourth-order valence-corrected chi connectivity index (χ4v) is 5.47. The van der Waals surface area contributed by atoms with E-state index in [1.165, 1.54) is 45.3 Å². The first-order valence-electron chi connectivity index (χ1n) is 11.4. The second-order valence-electron chi connectivity index (χ2n) is 9.59. The minimum atomic E-state index is 0.281. The first-order chi connectivity index (χ1) is 14.6. The Labute approximate surface area is 178 Å². The summed E-state index contributed by atoms with van der Waals surface area (Å²) in [6.45, 7) is 7.57. The molecule has 0 N–H and O–H groups in total. The maximum Gasteiger partial charge on any atom is 0.233 e. The molecule has 4 heterocycles. The molecule has 30 heavy (non-hydrogen) atoms. The van der Waals surface area contributed by atoms with Crippen molar-refractivity contribution in [2.75, 3.05) is 32.8 Å². The molecule has 2 aromatic rings. The summed E-state index contributed by atoms with van der Waals surface area (Å²) in [5.74, 6) is 1.37. The second-order valence-corrected chi connectivity index (χ2v) is 9.59. The topological polar surface area (TPSA) is 65.3 Å². The molecular weight excluding hydrogens is 378 g/mol. The number of piperidine rings is 1. The molecule has 1 atom stereocenters. The Bertz CT molecular complexity index is 843. The summed E-state index contributed by atoms with van der Waals surface area (Å²) in [6.07, 6.45) is 9.71. The summed E-state index contributed by atoms with van der Waals surface area (Å²) >= 11 is 0. The van der Waals surface area contributed by atoms with Crippen LogP contribution >= 0.6 is 0 Å². The molecular formula is C23H33N5O2. The Kier molecular flexibility index (Phi) is 5.50. The lowest BCUT2D eigenvalue weighted by atomic mass is 9.61. The van der Waals surface area contributed by atoms with Crippen molar-refractivity contribution in [1.82, 2.24) is 24.9 Å². The van der Waals surface area contributed by atoms with Crippen LogP contribution in [0.1, 0.15) is 44.2 Å². The van der Waals surface area contributed by atoms with Crippen molar-refractivity contribution in [3.8, 4) is 17.1 Å². The van der Waals surface area contributed by atoms with Gasteiger partial charge < -0.3 is 14.4 Å². The summed E-state index contributed by atoms with van der Waals surface area (Å²) in [4.78, 5) is 2.66. The SMILES string of the molecule is Cc1nn(C)cc1-c1ccc(OC2CC3(CCN(CC4CCCOC4)CC3)C2)nn1. The molecule has 0 aromatic carbocycles. The van der Waals surface area contributed by atoms with E-state index in [2.05, 4.69) is 20.2 Å². The maximum atomic E-state index is 6.13. The molecule has 1 aliphatic carbocycles. The van der Waals surface area contributed by atoms with E-state index in [1.54, 1.807) is 4.68 Å². The average Bonchev–Trinajstić information content (AvgIpc) is 3.08. The fourth-order valence-electron chi connectivity index (χ4n) is 5.47. The molecule has 1 saturated carbocycles. The highest BCUT2D eigenvalue weighted by atomic mass is 16.5. The van der Waals surface area contributed by atoms with E-state index in [0.29, 0.717) is 11.3 Å². The maximum absolute atomic E-state index is 6.13. The smallest absolute Gasteiger partial charge is 0.233 e. The van der Waals surface area contributed by atoms with E-state index in [-0.39, 0.29) is 6.10 Å². The standard InChI is InChI=1S/C23H33N5O2/c1-17-20(15-27(2)26-17)21-5-6-22(25-24-21)30-19-12-23(13-19)7-9-28(10-8-23)14-18-4-3-11-29-16-18/h5-6,15,18-19H,3-4,7-14,16H2,1-2H3. The lowest BCUT2D eigenvalue weighted by Crippen LogP contribution is -2.51. The zero-order valence-electron chi connectivity index (χ0n) is 18.2. The first-order valence-corrected chi connectivity index (χ1v) is 11.4. The molecule has 2 aromatic heterocycles. The number of hydrogen-bond acceptors (Lipinski definition) is 6. The molecule has 7 heteroatoms. The predicted molar refractivity (Wildman–Crippen MR) is 114 cm³/mol. The number of likely N-dealkylation sites (tertiary alicyclic amines) is 1. The van der Waals surface area contributed by atoms with Crippen LogP contribution in [0.25, 0.3) is 11.3 Å². The molecule has 0 amide bonds. The minimum Gasteiger partial charge on any atom is -0.473 e. The highest BCUT2D eigenvalue weighted by molar-refractivity contribution is 5.60. The van der Waals surface area contributed by atoms with Crippen LogP contribution in [-0.2, 0) is 11.8 Å². The number of nitrogens with zero attached hydrogens (tertiary/aromatic N) is 5. The molecule has 7 nitrogen and oxygen atoms in total. The molecule has 0 radical (unpaired) electrons. The van der Waals surface area contributed by atoms with Crippen LogP contribution in [0, 0.1) is 18.3 Å². The average molecular weight is 412 g/mol. The quantitative estimate of drug-likeness (QED) is 0.753. The lowest BCUT2D eigenvalue weighted by Gasteiger charge is -2.52. The van der Waals surface area contributed by atoms with Crippen molar-refractivity contribution in [3.63, 3.8) is 0 Å². The van der Waals surface area contributed by atoms with Crippen molar-refractivity contribution < 1.29 is 9.47 Å². The van der Waals surface area contributed by atoms with Gasteiger partial charge in [0.1, 0.15) is 6.10 Å². The van der Waals surface area contributed by atoms with Crippen LogP contribution in [0.15, 0.2) is 18.3 Å². The van der Waals surface area contributed by atoms with Crippen molar-refractivity contribution in [1.29, 1.82) is 0 Å². The Balaban J connectivity index is 1.09. The number of aryl methyl sites for hydroxylation is 2. The fraction of sp³-hybridized carbons (Fsp3) is 0.696. The monoisotopic (exact) mass is 411 g/mol. The minimum absolute atomic E-state index is 0.281. The van der Waals surface area contributed by atoms with E-state index in [4.69, 9.17) is 9.47 Å². The summed E-state index contributed by atoms with van der Waals surface area (Å²) in [6, 6.07) is 3.92. The van der Waals surface area contributed by atoms with Crippen LogP contribution in [0.4, 0.5) is 0 Å². The summed E-state index contributed by atoms with van der Waals surface area (Å²) in [5, 5.41) is 13.0. The van der Waals surface area contributed by atoms with Crippen molar-refractivity contribution in [3.05, 3.63) is 24.0 Å². The number of aromatic nitrogens is 4. The van der Waals surface area contributed by atoms with Gasteiger partial charge >= 0.3 is 0 Å². The van der Waals surface area contributed by atoms with Gasteiger partial charge in [-0.15, -0.1) is 10.2 Å². The summed E-state index contributed by atoms with van der Waals surface area (Å²) < 4.78 is 13.6. The summed E-state index contributed by atoms with van der Waals surface area (Å²) in [5.41, 5.74) is 3.31. The number of hydrogen-bond donors (Lipinski definition) is 0. The number of ether oxygens (including phenoxy) is 2. The molecule has 3 fully saturated rings. The third kappa shape index (κ3) is 4.23. The zero-order chi connectivity index (χ0) is 20.6. The van der Waals surface area contributed by atoms with E-state index < -0.39 is 0 Å². The molecule has 5 rings (SSSR count). The molecule has 1 spiro atoms. The van der Waals surface area contributed by atoms with Crippen molar-refractivity contribution in [2.24, 2.45) is 18.4 Å². The van der Waals surface area contributed by atoms with E-state index in [1.807, 2.05) is 32.3 Å². The Morgan fingerprint density at radius 2 is 2.03 bits per heavy atom. The second kappa shape index (κ2) is 8.27. The van der Waals surface area contributed by atoms with Gasteiger partial charge in [0.15, 0.2) is 0 Å². The third-order valence-electron chi connectivity index (χ3n) is 7.23. The van der Waals surface area contributed by atoms with Crippen LogP contribution in [0.5, 0.6) is 5.88 Å². The van der Waals surface area contributed by atoms with Gasteiger partial charge in [-0.3, -0.25) is 4.68 Å². The molecule has 3 aliphatic rings. The van der Waals surface area contributed by atoms with Gasteiger partial charge in [0.25, 0.3) is 0 Å². The molecule has 1 unspecified atom stereocenters. The van der Waals surface area contributed by atoms with Crippen molar-refractivity contribution in [2.45, 2.75) is 51.6 Å². The normalized spacial score (nSPS) is 24.7. The summed E-state index contributed by atoms with van der Waals surface area (Å²) in [7, 11) is 1.92. The Morgan fingerprint density at radius 3 is 2.67 bits per heavy atom. The molecule has 2 aliphatic heterocycles. The largest absolute Gasteiger partial charge is 0.473 e. The van der Waals surface area contributed by atoms with Gasteiger partial charge in [0.2, 0.25) is 5.88 Å².